The van der Waals surface area contributed by atoms with Crippen LogP contribution in [0.1, 0.15) is 41.5 Å². The minimum atomic E-state index is -1.49. The number of ether oxygens (including phenoxy) is 7. The first-order valence-electron chi connectivity index (χ1n) is 9.79. The van der Waals surface area contributed by atoms with Crippen LogP contribution in [0.4, 0.5) is 0 Å². The summed E-state index contributed by atoms with van der Waals surface area (Å²) in [7, 11) is 0. The van der Waals surface area contributed by atoms with E-state index in [0.29, 0.717) is 0 Å². The Kier molecular flexibility index (Phi) is 8.19. The molecule has 0 aliphatic carbocycles. The molecule has 12 heteroatoms. The van der Waals surface area contributed by atoms with Crippen LogP contribution in [0.25, 0.3) is 0 Å². The average molecular weight is 458 g/mol. The Hall–Kier alpha value is -3.15. The second-order valence-electron chi connectivity index (χ2n) is 7.20. The van der Waals surface area contributed by atoms with Crippen LogP contribution in [0.3, 0.4) is 0 Å². The van der Waals surface area contributed by atoms with Crippen molar-refractivity contribution in [1.82, 2.24) is 0 Å². The quantitative estimate of drug-likeness (QED) is 0.381. The lowest BCUT2D eigenvalue weighted by molar-refractivity contribution is -0.299. The van der Waals surface area contributed by atoms with E-state index in [9.17, 15) is 24.0 Å². The van der Waals surface area contributed by atoms with Gasteiger partial charge in [0.15, 0.2) is 18.3 Å². The lowest BCUT2D eigenvalue weighted by Crippen LogP contribution is -2.63. The van der Waals surface area contributed by atoms with Crippen molar-refractivity contribution in [1.29, 1.82) is 0 Å². The summed E-state index contributed by atoms with van der Waals surface area (Å²) in [4.78, 5) is 59.0. The van der Waals surface area contributed by atoms with E-state index in [0.717, 1.165) is 27.7 Å². The van der Waals surface area contributed by atoms with Gasteiger partial charge in [-0.15, -0.1) is 0 Å². The summed E-state index contributed by atoms with van der Waals surface area (Å²) in [6, 6.07) is 0. The van der Waals surface area contributed by atoms with Gasteiger partial charge in [0.1, 0.15) is 18.5 Å². The third-order valence-corrected chi connectivity index (χ3v) is 4.45. The predicted molar refractivity (Wildman–Crippen MR) is 101 cm³/mol. The molecule has 0 aromatic rings. The van der Waals surface area contributed by atoms with E-state index < -0.39 is 73.1 Å². The number of rotatable bonds is 7. The Balaban J connectivity index is 2.46. The number of hydrogen-bond acceptors (Lipinski definition) is 12. The lowest BCUT2D eigenvalue weighted by atomic mass is 9.98. The van der Waals surface area contributed by atoms with Crippen molar-refractivity contribution < 1.29 is 57.1 Å². The van der Waals surface area contributed by atoms with Crippen molar-refractivity contribution in [3.63, 3.8) is 0 Å². The molecule has 12 nitrogen and oxygen atoms in total. The van der Waals surface area contributed by atoms with Gasteiger partial charge in [-0.3, -0.25) is 24.0 Å². The predicted octanol–water partition coefficient (Wildman–Crippen LogP) is 0.305. The molecule has 32 heavy (non-hydrogen) atoms. The van der Waals surface area contributed by atoms with Crippen LogP contribution in [0, 0.1) is 0 Å². The molecule has 1 unspecified atom stereocenters. The van der Waals surface area contributed by atoms with E-state index in [1.54, 1.807) is 0 Å². The van der Waals surface area contributed by atoms with E-state index in [2.05, 4.69) is 0 Å². The Bertz CT molecular complexity index is 815. The smallest absolute Gasteiger partial charge is 0.303 e. The van der Waals surface area contributed by atoms with Gasteiger partial charge in [0, 0.05) is 27.7 Å². The molecule has 0 amide bonds. The number of allylic oxidation sites excluding steroid dienone is 1. The van der Waals surface area contributed by atoms with Gasteiger partial charge in [0.25, 0.3) is 0 Å². The number of Topliss-reactive ketones (excluding diaryl/α,β-unsaturated/α-hetero) is 1. The van der Waals surface area contributed by atoms with Crippen LogP contribution in [0.15, 0.2) is 11.5 Å². The lowest BCUT2D eigenvalue weighted by Gasteiger charge is -2.43. The topological polar surface area (TPSA) is 150 Å². The normalized spacial score (nSPS) is 29.6. The van der Waals surface area contributed by atoms with Crippen molar-refractivity contribution in [3.05, 3.63) is 11.5 Å². The zero-order valence-electron chi connectivity index (χ0n) is 18.6. The molecule has 2 rings (SSSR count). The maximum absolute atomic E-state index is 12.4. The number of carbonyl (C=O) groups is 5. The fourth-order valence-electron chi connectivity index (χ4n) is 3.27. The highest BCUT2D eigenvalue weighted by molar-refractivity contribution is 5.99. The van der Waals surface area contributed by atoms with Crippen molar-refractivity contribution in [2.75, 3.05) is 6.61 Å². The fourth-order valence-corrected chi connectivity index (χ4v) is 3.27. The fraction of sp³-hybridized carbons (Fsp3) is 0.650. The standard InChI is InChI=1S/C20H26O12/c1-8-15(25)16(9(2)27-8)32-20-19(30-13(6)24)18(29-12(5)23)17(28-11(4)22)14(31-20)7-26-10(3)21/h8,14,17-20H,7H2,1-6H3/t8?,14-,17-,18+,19-,20+/m1/s1. The van der Waals surface area contributed by atoms with Gasteiger partial charge < -0.3 is 33.2 Å². The van der Waals surface area contributed by atoms with Crippen LogP contribution in [-0.4, -0.2) is 73.1 Å². The second-order valence-corrected chi connectivity index (χ2v) is 7.20. The zero-order chi connectivity index (χ0) is 24.2. The van der Waals surface area contributed by atoms with Gasteiger partial charge in [-0.25, -0.2) is 0 Å². The number of hydrogen-bond donors (Lipinski definition) is 0. The molecule has 0 N–H and O–H groups in total. The van der Waals surface area contributed by atoms with Crippen molar-refractivity contribution >= 4 is 29.7 Å². The maximum Gasteiger partial charge on any atom is 0.303 e. The largest absolute Gasteiger partial charge is 0.483 e. The highest BCUT2D eigenvalue weighted by atomic mass is 16.7. The Morgan fingerprint density at radius 1 is 0.844 bits per heavy atom. The van der Waals surface area contributed by atoms with Gasteiger partial charge in [0.05, 0.1) is 0 Å². The molecule has 2 heterocycles. The van der Waals surface area contributed by atoms with Crippen molar-refractivity contribution in [2.24, 2.45) is 0 Å². The average Bonchev–Trinajstić information content (AvgIpc) is 2.89. The summed E-state index contributed by atoms with van der Waals surface area (Å²) in [6.45, 7) is 7.09. The van der Waals surface area contributed by atoms with Gasteiger partial charge in [-0.2, -0.15) is 0 Å². The molecule has 0 saturated carbocycles. The second kappa shape index (κ2) is 10.4. The molecule has 0 spiro atoms. The van der Waals surface area contributed by atoms with E-state index in [-0.39, 0.29) is 11.5 Å². The minimum Gasteiger partial charge on any atom is -0.483 e. The van der Waals surface area contributed by atoms with E-state index in [4.69, 9.17) is 33.2 Å². The monoisotopic (exact) mass is 458 g/mol. The molecular weight excluding hydrogens is 432 g/mol. The van der Waals surface area contributed by atoms with Crippen LogP contribution in [-0.2, 0) is 57.1 Å². The third kappa shape index (κ3) is 6.19. The molecule has 0 aromatic carbocycles. The van der Waals surface area contributed by atoms with Crippen molar-refractivity contribution in [3.8, 4) is 0 Å². The summed E-state index contributed by atoms with van der Waals surface area (Å²) in [5.74, 6) is -3.43. The van der Waals surface area contributed by atoms with Gasteiger partial charge in [-0.1, -0.05) is 0 Å². The molecule has 0 aromatic heterocycles. The summed E-state index contributed by atoms with van der Waals surface area (Å²) >= 11 is 0. The first-order valence-corrected chi connectivity index (χ1v) is 9.79. The van der Waals surface area contributed by atoms with E-state index in [1.165, 1.54) is 13.8 Å². The molecule has 178 valence electrons. The summed E-state index contributed by atoms with van der Waals surface area (Å²) in [5.41, 5.74) is 0. The minimum absolute atomic E-state index is 0.168. The van der Waals surface area contributed by atoms with Crippen LogP contribution >= 0.6 is 0 Å². The Morgan fingerprint density at radius 2 is 1.38 bits per heavy atom. The number of esters is 4. The molecule has 2 aliphatic rings. The van der Waals surface area contributed by atoms with Gasteiger partial charge in [-0.05, 0) is 13.8 Å². The molecular formula is C20H26O12. The van der Waals surface area contributed by atoms with Crippen LogP contribution in [0.2, 0.25) is 0 Å². The molecule has 1 saturated heterocycles. The first kappa shape index (κ1) is 25.1. The number of carbonyl (C=O) groups excluding carboxylic acids is 5. The molecule has 1 fully saturated rings. The highest BCUT2D eigenvalue weighted by Gasteiger charge is 2.54. The van der Waals surface area contributed by atoms with Gasteiger partial charge >= 0.3 is 23.9 Å². The molecule has 2 aliphatic heterocycles. The third-order valence-electron chi connectivity index (χ3n) is 4.45. The Labute approximate surface area is 184 Å². The van der Waals surface area contributed by atoms with Crippen LogP contribution < -0.4 is 0 Å². The summed E-state index contributed by atoms with van der Waals surface area (Å²) in [5, 5.41) is 0. The molecule has 6 atom stereocenters. The van der Waals surface area contributed by atoms with Gasteiger partial charge in [0.2, 0.25) is 23.9 Å². The maximum atomic E-state index is 12.4. The van der Waals surface area contributed by atoms with Crippen molar-refractivity contribution in [2.45, 2.75) is 78.4 Å². The first-order chi connectivity index (χ1) is 14.9. The SMILES string of the molecule is CC(=O)OC[C@H]1O[C@@H](OC2=C(C)OC(C)C2=O)[C@H](OC(C)=O)[C@@H](OC(C)=O)[C@@H]1OC(C)=O. The van der Waals surface area contributed by atoms with Crippen LogP contribution in [0.5, 0.6) is 0 Å². The summed E-state index contributed by atoms with van der Waals surface area (Å²) < 4.78 is 37.6. The Morgan fingerprint density at radius 3 is 1.84 bits per heavy atom. The number of ketones is 1. The highest BCUT2D eigenvalue weighted by Crippen LogP contribution is 2.33. The van der Waals surface area contributed by atoms with E-state index in [1.807, 2.05) is 0 Å². The molecule has 0 radical (unpaired) electrons. The summed E-state index contributed by atoms with van der Waals surface area (Å²) in [6.07, 6.45) is -7.60. The molecule has 0 bridgehead atoms. The zero-order valence-corrected chi connectivity index (χ0v) is 18.6. The van der Waals surface area contributed by atoms with E-state index >= 15 is 0 Å².